The van der Waals surface area contributed by atoms with Crippen molar-refractivity contribution in [1.82, 2.24) is 0 Å². The van der Waals surface area contributed by atoms with Crippen molar-refractivity contribution in [3.8, 4) is 16.9 Å². The highest BCUT2D eigenvalue weighted by Crippen LogP contribution is 2.31. The summed E-state index contributed by atoms with van der Waals surface area (Å²) >= 11 is 0. The van der Waals surface area contributed by atoms with E-state index in [0.717, 1.165) is 22.6 Å². The molecule has 4 N–H and O–H groups in total. The molecule has 0 aromatic heterocycles. The largest absolute Gasteiger partial charge is 0.497 e. The number of rotatable bonds is 5. The normalized spacial score (nSPS) is 10.2. The van der Waals surface area contributed by atoms with Crippen LogP contribution in [-0.4, -0.2) is 25.4 Å². The van der Waals surface area contributed by atoms with Gasteiger partial charge in [0.2, 0.25) is 0 Å². The summed E-state index contributed by atoms with van der Waals surface area (Å²) in [7, 11) is 1.64. The third kappa shape index (κ3) is 3.17. The van der Waals surface area contributed by atoms with E-state index in [1.165, 1.54) is 0 Å². The number of nitrogens with one attached hydrogen (secondary N) is 1. The molecule has 0 amide bonds. The van der Waals surface area contributed by atoms with Crippen LogP contribution in [-0.2, 0) is 0 Å². The third-order valence-corrected chi connectivity index (χ3v) is 2.87. The van der Waals surface area contributed by atoms with Crippen LogP contribution >= 0.6 is 0 Å². The Labute approximate surface area is 112 Å². The van der Waals surface area contributed by atoms with Gasteiger partial charge in [-0.15, -0.1) is 0 Å². The van der Waals surface area contributed by atoms with Crippen molar-refractivity contribution in [3.05, 3.63) is 42.5 Å². The van der Waals surface area contributed by atoms with Gasteiger partial charge in [0.15, 0.2) is 0 Å². The molecule has 0 saturated heterocycles. The predicted molar refractivity (Wildman–Crippen MR) is 78.4 cm³/mol. The van der Waals surface area contributed by atoms with Gasteiger partial charge in [-0.05, 0) is 35.9 Å². The fourth-order valence-corrected chi connectivity index (χ4v) is 1.92. The van der Waals surface area contributed by atoms with Crippen LogP contribution in [0.5, 0.6) is 5.75 Å². The lowest BCUT2D eigenvalue weighted by Gasteiger charge is -2.13. The molecule has 100 valence electrons. The van der Waals surface area contributed by atoms with E-state index in [0.29, 0.717) is 12.2 Å². The van der Waals surface area contributed by atoms with Gasteiger partial charge in [-0.2, -0.15) is 0 Å². The van der Waals surface area contributed by atoms with Gasteiger partial charge < -0.3 is 20.9 Å². The van der Waals surface area contributed by atoms with E-state index < -0.39 is 0 Å². The minimum absolute atomic E-state index is 0.0897. The lowest BCUT2D eigenvalue weighted by atomic mass is 10.0. The van der Waals surface area contributed by atoms with Gasteiger partial charge >= 0.3 is 0 Å². The van der Waals surface area contributed by atoms with Gasteiger partial charge in [0.1, 0.15) is 5.75 Å². The molecule has 2 rings (SSSR count). The smallest absolute Gasteiger partial charge is 0.118 e. The summed E-state index contributed by atoms with van der Waals surface area (Å²) < 4.78 is 5.15. The number of ether oxygens (including phenoxy) is 1. The number of hydrogen-bond acceptors (Lipinski definition) is 4. The summed E-state index contributed by atoms with van der Waals surface area (Å²) in [4.78, 5) is 0. The van der Waals surface area contributed by atoms with Gasteiger partial charge in [-0.25, -0.2) is 0 Å². The van der Waals surface area contributed by atoms with Crippen molar-refractivity contribution in [2.45, 2.75) is 0 Å². The number of nitrogen functional groups attached to an aromatic ring is 1. The molecule has 2 aromatic carbocycles. The van der Waals surface area contributed by atoms with Crippen LogP contribution in [0.25, 0.3) is 11.1 Å². The van der Waals surface area contributed by atoms with Crippen LogP contribution in [0.4, 0.5) is 11.4 Å². The second kappa shape index (κ2) is 6.11. The summed E-state index contributed by atoms with van der Waals surface area (Å²) in [5, 5.41) is 12.1. The second-order valence-electron chi connectivity index (χ2n) is 4.18. The molecule has 0 aliphatic rings. The molecule has 0 saturated carbocycles. The molecule has 0 radical (unpaired) electrons. The first-order chi connectivity index (χ1) is 9.24. The first-order valence-corrected chi connectivity index (χ1v) is 6.13. The van der Waals surface area contributed by atoms with Crippen LogP contribution in [0.15, 0.2) is 42.5 Å². The highest BCUT2D eigenvalue weighted by molar-refractivity contribution is 5.80. The molecule has 0 fully saturated rings. The number of aliphatic hydroxyl groups excluding tert-OH is 1. The topological polar surface area (TPSA) is 67.5 Å². The Hall–Kier alpha value is -2.20. The van der Waals surface area contributed by atoms with Gasteiger partial charge in [0.05, 0.1) is 13.7 Å². The number of anilines is 2. The zero-order chi connectivity index (χ0) is 13.7. The van der Waals surface area contributed by atoms with E-state index in [9.17, 15) is 0 Å². The Morgan fingerprint density at radius 2 is 1.89 bits per heavy atom. The minimum Gasteiger partial charge on any atom is -0.497 e. The maximum Gasteiger partial charge on any atom is 0.118 e. The summed E-state index contributed by atoms with van der Waals surface area (Å²) in [6.45, 7) is 0.597. The monoisotopic (exact) mass is 258 g/mol. The van der Waals surface area contributed by atoms with E-state index >= 15 is 0 Å². The summed E-state index contributed by atoms with van der Waals surface area (Å²) in [5.74, 6) is 0.817. The minimum atomic E-state index is 0.0897. The summed E-state index contributed by atoms with van der Waals surface area (Å²) in [6, 6.07) is 13.5. The molecular formula is C15H18N2O2. The van der Waals surface area contributed by atoms with Gasteiger partial charge in [0.25, 0.3) is 0 Å². The van der Waals surface area contributed by atoms with Crippen LogP contribution in [0.2, 0.25) is 0 Å². The third-order valence-electron chi connectivity index (χ3n) is 2.87. The van der Waals surface area contributed by atoms with Crippen molar-refractivity contribution >= 4 is 11.4 Å². The molecule has 0 spiro atoms. The van der Waals surface area contributed by atoms with E-state index in [4.69, 9.17) is 15.6 Å². The first-order valence-electron chi connectivity index (χ1n) is 6.13. The van der Waals surface area contributed by atoms with Gasteiger partial charge in [-0.3, -0.25) is 0 Å². The van der Waals surface area contributed by atoms with Crippen molar-refractivity contribution in [1.29, 1.82) is 0 Å². The van der Waals surface area contributed by atoms with E-state index in [2.05, 4.69) is 5.32 Å². The Morgan fingerprint density at radius 3 is 2.53 bits per heavy atom. The summed E-state index contributed by atoms with van der Waals surface area (Å²) in [6.07, 6.45) is 0. The van der Waals surface area contributed by atoms with Crippen LogP contribution in [0.1, 0.15) is 0 Å². The van der Waals surface area contributed by atoms with Crippen molar-refractivity contribution in [3.63, 3.8) is 0 Å². The Kier molecular flexibility index (Phi) is 4.26. The molecular weight excluding hydrogens is 240 g/mol. The molecule has 0 unspecified atom stereocenters. The maximum atomic E-state index is 8.91. The number of aliphatic hydroxyl groups is 1. The van der Waals surface area contributed by atoms with Crippen LogP contribution in [0, 0.1) is 0 Å². The van der Waals surface area contributed by atoms with Crippen LogP contribution < -0.4 is 15.8 Å². The maximum absolute atomic E-state index is 8.91. The average molecular weight is 258 g/mol. The van der Waals surface area contributed by atoms with Gasteiger partial charge in [-0.1, -0.05) is 12.1 Å². The lowest BCUT2D eigenvalue weighted by molar-refractivity contribution is 0.311. The Balaban J connectivity index is 2.37. The summed E-state index contributed by atoms with van der Waals surface area (Å²) in [5.41, 5.74) is 9.57. The quantitative estimate of drug-likeness (QED) is 0.720. The highest BCUT2D eigenvalue weighted by atomic mass is 16.5. The van der Waals surface area contributed by atoms with E-state index in [1.807, 2.05) is 42.5 Å². The molecule has 4 nitrogen and oxygen atoms in total. The molecule has 0 heterocycles. The zero-order valence-electron chi connectivity index (χ0n) is 10.9. The van der Waals surface area contributed by atoms with E-state index in [1.54, 1.807) is 7.11 Å². The average Bonchev–Trinajstić information content (AvgIpc) is 2.46. The Morgan fingerprint density at radius 1 is 1.16 bits per heavy atom. The zero-order valence-corrected chi connectivity index (χ0v) is 10.9. The SMILES string of the molecule is COc1ccc(-c2cc(N)ccc2NCCO)cc1. The fourth-order valence-electron chi connectivity index (χ4n) is 1.92. The predicted octanol–water partition coefficient (Wildman–Crippen LogP) is 2.35. The standard InChI is InChI=1S/C15H18N2O2/c1-19-13-5-2-11(3-6-13)14-10-12(16)4-7-15(14)17-8-9-18/h2-7,10,17-18H,8-9,16H2,1H3. The highest BCUT2D eigenvalue weighted by Gasteiger charge is 2.06. The lowest BCUT2D eigenvalue weighted by Crippen LogP contribution is -2.06. The second-order valence-corrected chi connectivity index (χ2v) is 4.18. The molecule has 0 aliphatic heterocycles. The number of benzene rings is 2. The van der Waals surface area contributed by atoms with Gasteiger partial charge in [0, 0.05) is 23.5 Å². The number of nitrogens with two attached hydrogens (primary N) is 1. The van der Waals surface area contributed by atoms with Crippen LogP contribution in [0.3, 0.4) is 0 Å². The Bertz CT molecular complexity index is 538. The van der Waals surface area contributed by atoms with Crippen molar-refractivity contribution < 1.29 is 9.84 Å². The first kappa shape index (κ1) is 13.2. The fraction of sp³-hybridized carbons (Fsp3) is 0.200. The van der Waals surface area contributed by atoms with Crippen molar-refractivity contribution in [2.24, 2.45) is 0 Å². The van der Waals surface area contributed by atoms with E-state index in [-0.39, 0.29) is 6.61 Å². The molecule has 0 atom stereocenters. The van der Waals surface area contributed by atoms with Crippen molar-refractivity contribution in [2.75, 3.05) is 31.3 Å². The number of methoxy groups -OCH3 is 1. The molecule has 19 heavy (non-hydrogen) atoms. The molecule has 0 bridgehead atoms. The number of hydrogen-bond donors (Lipinski definition) is 3. The molecule has 2 aromatic rings. The molecule has 0 aliphatic carbocycles. The molecule has 4 heteroatoms.